The SMILES string of the molecule is CCC(C)C(NC(=O)C(Cc1ccccc1)NC(=O)C(N)CCC(N)=O)C(=O)NC(CS)C(=O)O. The molecule has 1 aromatic carbocycles. The lowest BCUT2D eigenvalue weighted by molar-refractivity contribution is -0.142. The minimum absolute atomic E-state index is 0.0129. The van der Waals surface area contributed by atoms with Crippen LogP contribution in [0, 0.1) is 5.92 Å². The van der Waals surface area contributed by atoms with Gasteiger partial charge in [0, 0.05) is 18.6 Å². The largest absolute Gasteiger partial charge is 0.480 e. The molecule has 0 saturated heterocycles. The molecule has 4 amide bonds. The van der Waals surface area contributed by atoms with Gasteiger partial charge >= 0.3 is 5.97 Å². The van der Waals surface area contributed by atoms with Crippen molar-refractivity contribution in [3.63, 3.8) is 0 Å². The van der Waals surface area contributed by atoms with Crippen LogP contribution >= 0.6 is 12.6 Å². The highest BCUT2D eigenvalue weighted by Crippen LogP contribution is 2.11. The maximum Gasteiger partial charge on any atom is 0.327 e. The molecule has 0 bridgehead atoms. The smallest absolute Gasteiger partial charge is 0.327 e. The van der Waals surface area contributed by atoms with E-state index in [1.807, 2.05) is 6.92 Å². The Kier molecular flexibility index (Phi) is 12.8. The second-order valence-electron chi connectivity index (χ2n) is 8.32. The number of aliphatic carboxylic acids is 1. The third-order valence-electron chi connectivity index (χ3n) is 5.54. The normalized spacial score (nSPS) is 15.1. The van der Waals surface area contributed by atoms with E-state index in [4.69, 9.17) is 11.5 Å². The Bertz CT molecular complexity index is 884. The fourth-order valence-corrected chi connectivity index (χ4v) is 3.42. The van der Waals surface area contributed by atoms with E-state index in [0.29, 0.717) is 6.42 Å². The molecule has 11 nitrogen and oxygen atoms in total. The van der Waals surface area contributed by atoms with E-state index in [1.165, 1.54) is 0 Å². The fourth-order valence-electron chi connectivity index (χ4n) is 3.17. The number of carbonyl (C=O) groups excluding carboxylic acids is 4. The van der Waals surface area contributed by atoms with Crippen LogP contribution in [0.5, 0.6) is 0 Å². The number of benzene rings is 1. The quantitative estimate of drug-likeness (QED) is 0.152. The molecule has 0 fully saturated rings. The third kappa shape index (κ3) is 10.4. The fraction of sp³-hybridized carbons (Fsp3) is 0.522. The average molecular weight is 510 g/mol. The molecule has 0 radical (unpaired) electrons. The summed E-state index contributed by atoms with van der Waals surface area (Å²) in [7, 11) is 0. The lowest BCUT2D eigenvalue weighted by Gasteiger charge is -2.28. The summed E-state index contributed by atoms with van der Waals surface area (Å²) < 4.78 is 0. The maximum atomic E-state index is 13.2. The van der Waals surface area contributed by atoms with Crippen LogP contribution in [0.15, 0.2) is 30.3 Å². The molecule has 5 unspecified atom stereocenters. The Hall–Kier alpha value is -3.12. The van der Waals surface area contributed by atoms with Crippen LogP contribution in [-0.2, 0) is 30.4 Å². The number of hydrogen-bond acceptors (Lipinski definition) is 7. The van der Waals surface area contributed by atoms with Gasteiger partial charge in [0.05, 0.1) is 6.04 Å². The Morgan fingerprint density at radius 2 is 1.57 bits per heavy atom. The van der Waals surface area contributed by atoms with Crippen molar-refractivity contribution >= 4 is 42.2 Å². The van der Waals surface area contributed by atoms with Gasteiger partial charge in [0.1, 0.15) is 18.1 Å². The van der Waals surface area contributed by atoms with E-state index in [1.54, 1.807) is 37.3 Å². The summed E-state index contributed by atoms with van der Waals surface area (Å²) in [6, 6.07) is 4.52. The van der Waals surface area contributed by atoms with Crippen molar-refractivity contribution in [2.45, 2.75) is 63.7 Å². The maximum absolute atomic E-state index is 13.2. The summed E-state index contributed by atoms with van der Waals surface area (Å²) >= 11 is 3.95. The molecular weight excluding hydrogens is 474 g/mol. The average Bonchev–Trinajstić information content (AvgIpc) is 2.83. The summed E-state index contributed by atoms with van der Waals surface area (Å²) in [5, 5.41) is 16.9. The van der Waals surface area contributed by atoms with Gasteiger partial charge in [0.2, 0.25) is 23.6 Å². The van der Waals surface area contributed by atoms with E-state index < -0.39 is 53.8 Å². The first kappa shape index (κ1) is 29.9. The van der Waals surface area contributed by atoms with Gasteiger partial charge in [-0.15, -0.1) is 0 Å². The Morgan fingerprint density at radius 1 is 0.971 bits per heavy atom. The summed E-state index contributed by atoms with van der Waals surface area (Å²) in [5.41, 5.74) is 11.7. The van der Waals surface area contributed by atoms with Gasteiger partial charge < -0.3 is 32.5 Å². The molecule has 1 aromatic rings. The standard InChI is InChI=1S/C23H35N5O6S/c1-3-13(2)19(22(32)27-17(12-35)23(33)34)28-21(31)16(11-14-7-5-4-6-8-14)26-20(30)15(24)9-10-18(25)29/h4-8,13,15-17,19,35H,3,9-12,24H2,1-2H3,(H2,25,29)(H,26,30)(H,27,32)(H,28,31)(H,33,34). The van der Waals surface area contributed by atoms with Crippen LogP contribution < -0.4 is 27.4 Å². The van der Waals surface area contributed by atoms with Crippen molar-refractivity contribution in [1.82, 2.24) is 16.0 Å². The number of primary amides is 1. The summed E-state index contributed by atoms with van der Waals surface area (Å²) in [5.74, 6) is -4.26. The molecule has 12 heteroatoms. The van der Waals surface area contributed by atoms with Gasteiger partial charge in [-0.2, -0.15) is 12.6 Å². The van der Waals surface area contributed by atoms with Crippen LogP contribution in [0.25, 0.3) is 0 Å². The van der Waals surface area contributed by atoms with E-state index in [2.05, 4.69) is 28.6 Å². The van der Waals surface area contributed by atoms with E-state index >= 15 is 0 Å². The van der Waals surface area contributed by atoms with Crippen LogP contribution in [-0.4, -0.2) is 64.6 Å². The minimum atomic E-state index is -1.25. The van der Waals surface area contributed by atoms with Crippen LogP contribution in [0.4, 0.5) is 0 Å². The zero-order chi connectivity index (χ0) is 26.5. The van der Waals surface area contributed by atoms with Crippen LogP contribution in [0.3, 0.4) is 0 Å². The Balaban J connectivity index is 3.08. The van der Waals surface area contributed by atoms with Crippen molar-refractivity contribution in [2.75, 3.05) is 5.75 Å². The number of amides is 4. The molecule has 5 atom stereocenters. The first-order valence-electron chi connectivity index (χ1n) is 11.3. The number of carbonyl (C=O) groups is 5. The zero-order valence-electron chi connectivity index (χ0n) is 19.9. The van der Waals surface area contributed by atoms with Gasteiger partial charge in [-0.05, 0) is 17.9 Å². The molecule has 0 spiro atoms. The van der Waals surface area contributed by atoms with Crippen LogP contribution in [0.2, 0.25) is 0 Å². The Labute approximate surface area is 210 Å². The minimum Gasteiger partial charge on any atom is -0.480 e. The molecular formula is C23H35N5O6S. The summed E-state index contributed by atoms with van der Waals surface area (Å²) in [6.07, 6.45) is 0.560. The number of carboxylic acids is 1. The number of rotatable bonds is 15. The van der Waals surface area contributed by atoms with Gasteiger partial charge in [-0.1, -0.05) is 50.6 Å². The molecule has 0 aliphatic carbocycles. The van der Waals surface area contributed by atoms with Gasteiger partial charge in [0.25, 0.3) is 0 Å². The first-order valence-corrected chi connectivity index (χ1v) is 12.0. The second-order valence-corrected chi connectivity index (χ2v) is 8.68. The van der Waals surface area contributed by atoms with Gasteiger partial charge in [0.15, 0.2) is 0 Å². The van der Waals surface area contributed by atoms with Crippen molar-refractivity contribution in [3.05, 3.63) is 35.9 Å². The highest BCUT2D eigenvalue weighted by atomic mass is 32.1. The van der Waals surface area contributed by atoms with E-state index in [0.717, 1.165) is 5.56 Å². The number of nitrogens with two attached hydrogens (primary N) is 2. The van der Waals surface area contributed by atoms with Crippen molar-refractivity contribution < 1.29 is 29.1 Å². The van der Waals surface area contributed by atoms with E-state index in [9.17, 15) is 29.1 Å². The lowest BCUT2D eigenvalue weighted by Crippen LogP contribution is -2.59. The molecule has 0 aliphatic heterocycles. The Morgan fingerprint density at radius 3 is 2.09 bits per heavy atom. The molecule has 194 valence electrons. The first-order chi connectivity index (χ1) is 16.5. The van der Waals surface area contributed by atoms with Gasteiger partial charge in [-0.25, -0.2) is 4.79 Å². The van der Waals surface area contributed by atoms with Crippen LogP contribution in [0.1, 0.15) is 38.7 Å². The number of carboxylic acid groups (broad SMARTS) is 1. The molecule has 0 heterocycles. The van der Waals surface area contributed by atoms with Gasteiger partial charge in [-0.3, -0.25) is 19.2 Å². The number of thiol groups is 1. The van der Waals surface area contributed by atoms with Crippen molar-refractivity contribution in [2.24, 2.45) is 17.4 Å². The predicted octanol–water partition coefficient (Wildman–Crippen LogP) is -0.663. The van der Waals surface area contributed by atoms with Crippen molar-refractivity contribution in [3.8, 4) is 0 Å². The summed E-state index contributed by atoms with van der Waals surface area (Å²) in [4.78, 5) is 61.0. The molecule has 35 heavy (non-hydrogen) atoms. The van der Waals surface area contributed by atoms with E-state index in [-0.39, 0.29) is 30.9 Å². The lowest BCUT2D eigenvalue weighted by atomic mass is 9.96. The molecule has 0 aliphatic rings. The highest BCUT2D eigenvalue weighted by Gasteiger charge is 2.32. The second kappa shape index (κ2) is 15.0. The molecule has 1 rings (SSSR count). The highest BCUT2D eigenvalue weighted by molar-refractivity contribution is 7.80. The topological polar surface area (TPSA) is 194 Å². The zero-order valence-corrected chi connectivity index (χ0v) is 20.8. The summed E-state index contributed by atoms with van der Waals surface area (Å²) in [6.45, 7) is 3.57. The molecule has 8 N–H and O–H groups in total. The molecule has 0 saturated carbocycles. The number of hydrogen-bond donors (Lipinski definition) is 7. The molecule has 0 aromatic heterocycles. The third-order valence-corrected chi connectivity index (χ3v) is 5.91. The van der Waals surface area contributed by atoms with Crippen molar-refractivity contribution in [1.29, 1.82) is 0 Å². The monoisotopic (exact) mass is 509 g/mol. The number of nitrogens with one attached hydrogen (secondary N) is 3. The predicted molar refractivity (Wildman–Crippen MR) is 133 cm³/mol.